The first-order valence-corrected chi connectivity index (χ1v) is 10.9. The van der Waals surface area contributed by atoms with Gasteiger partial charge in [0.05, 0.1) is 0 Å². The van der Waals surface area contributed by atoms with Crippen molar-refractivity contribution in [2.45, 2.75) is 5.51 Å². The van der Waals surface area contributed by atoms with Gasteiger partial charge < -0.3 is 4.18 Å². The van der Waals surface area contributed by atoms with E-state index >= 15 is 0 Å². The van der Waals surface area contributed by atoms with Gasteiger partial charge in [-0.15, -0.1) is 0 Å². The zero-order chi connectivity index (χ0) is 22.8. The van der Waals surface area contributed by atoms with E-state index in [0.717, 1.165) is 0 Å². The quantitative estimate of drug-likeness (QED) is 0.261. The van der Waals surface area contributed by atoms with Crippen LogP contribution >= 0.6 is 0 Å². The summed E-state index contributed by atoms with van der Waals surface area (Å²) < 4.78 is 67.6. The van der Waals surface area contributed by atoms with Gasteiger partial charge in [0.25, 0.3) is 0 Å². The van der Waals surface area contributed by atoms with E-state index in [9.17, 15) is 21.6 Å². The van der Waals surface area contributed by atoms with E-state index in [2.05, 4.69) is 9.17 Å². The van der Waals surface area contributed by atoms with Gasteiger partial charge in [-0.1, -0.05) is 66.7 Å². The molecule has 0 spiro atoms. The largest absolute Gasteiger partial charge is 0.534 e. The van der Waals surface area contributed by atoms with E-state index in [4.69, 9.17) is 0 Å². The second-order valence-corrected chi connectivity index (χ2v) is 8.39. The molecule has 0 atom stereocenters. The predicted octanol–water partition coefficient (Wildman–Crippen LogP) is 6.31. The molecular weight excluding hydrogens is 439 g/mol. The number of aromatic nitrogens is 1. The lowest BCUT2D eigenvalue weighted by Crippen LogP contribution is -2.28. The van der Waals surface area contributed by atoms with E-state index in [1.807, 2.05) is 6.07 Å². The predicted molar refractivity (Wildman–Crippen MR) is 116 cm³/mol. The average molecular weight is 455 g/mol. The summed E-state index contributed by atoms with van der Waals surface area (Å²) in [5.41, 5.74) is -2.28. The number of rotatable bonds is 5. The van der Waals surface area contributed by atoms with Crippen LogP contribution in [0.25, 0.3) is 33.4 Å². The van der Waals surface area contributed by atoms with E-state index in [1.165, 1.54) is 6.07 Å². The monoisotopic (exact) mass is 455 g/mol. The van der Waals surface area contributed by atoms with Crippen molar-refractivity contribution >= 4 is 10.1 Å². The highest BCUT2D eigenvalue weighted by atomic mass is 32.2. The highest BCUT2D eigenvalue weighted by Gasteiger charge is 2.49. The van der Waals surface area contributed by atoms with Crippen molar-refractivity contribution in [3.8, 4) is 39.1 Å². The van der Waals surface area contributed by atoms with Crippen molar-refractivity contribution in [2.75, 3.05) is 0 Å². The zero-order valence-electron chi connectivity index (χ0n) is 16.5. The number of pyridine rings is 1. The van der Waals surface area contributed by atoms with Crippen LogP contribution in [0.4, 0.5) is 13.2 Å². The smallest absolute Gasteiger partial charge is 0.375 e. The number of halogens is 3. The molecule has 4 rings (SSSR count). The van der Waals surface area contributed by atoms with Gasteiger partial charge in [-0.25, -0.2) is 0 Å². The molecule has 0 aliphatic heterocycles. The normalized spacial score (nSPS) is 11.8. The fourth-order valence-electron chi connectivity index (χ4n) is 3.27. The summed E-state index contributed by atoms with van der Waals surface area (Å²) in [6.07, 6.45) is 3.24. The molecular formula is C24H16F3NO3S. The number of benzene rings is 3. The molecule has 0 saturated heterocycles. The first kappa shape index (κ1) is 21.6. The Labute approximate surface area is 183 Å². The highest BCUT2D eigenvalue weighted by Crippen LogP contribution is 2.42. The number of hydrogen-bond donors (Lipinski definition) is 0. The molecule has 0 fully saturated rings. The maximum atomic E-state index is 13.1. The van der Waals surface area contributed by atoms with Gasteiger partial charge >= 0.3 is 15.6 Å². The summed E-state index contributed by atoms with van der Waals surface area (Å²) >= 11 is 0. The molecule has 0 radical (unpaired) electrons. The SMILES string of the molecule is O=S(=O)(Oc1cc(-c2ccccc2)c(-c2cccnc2)cc1-c1ccccc1)C(F)(F)F. The van der Waals surface area contributed by atoms with Gasteiger partial charge in [0, 0.05) is 23.5 Å². The van der Waals surface area contributed by atoms with Crippen molar-refractivity contribution in [3.05, 3.63) is 97.3 Å². The second kappa shape index (κ2) is 8.47. The van der Waals surface area contributed by atoms with Gasteiger partial charge in [0.1, 0.15) is 0 Å². The van der Waals surface area contributed by atoms with Crippen molar-refractivity contribution in [1.82, 2.24) is 4.98 Å². The summed E-state index contributed by atoms with van der Waals surface area (Å²) in [7, 11) is -5.87. The second-order valence-electron chi connectivity index (χ2n) is 6.85. The Kier molecular flexibility index (Phi) is 5.71. The third-order valence-corrected chi connectivity index (χ3v) is 5.71. The lowest BCUT2D eigenvalue weighted by Gasteiger charge is -2.18. The Hall–Kier alpha value is -3.65. The maximum Gasteiger partial charge on any atom is 0.534 e. The van der Waals surface area contributed by atoms with Crippen molar-refractivity contribution in [3.63, 3.8) is 0 Å². The summed E-state index contributed by atoms with van der Waals surface area (Å²) in [6.45, 7) is 0. The van der Waals surface area contributed by atoms with Crippen LogP contribution in [0.15, 0.2) is 97.3 Å². The standard InChI is InChI=1S/C24H16F3NO3S/c25-24(26,27)32(29,30)31-23-15-21(17-8-3-1-4-9-17)20(19-12-7-13-28-16-19)14-22(23)18-10-5-2-6-11-18/h1-16H. The lowest BCUT2D eigenvalue weighted by molar-refractivity contribution is -0.0499. The Bertz CT molecular complexity index is 1330. The molecule has 0 amide bonds. The third-order valence-electron chi connectivity index (χ3n) is 4.74. The van der Waals surface area contributed by atoms with Crippen LogP contribution < -0.4 is 4.18 Å². The maximum absolute atomic E-state index is 13.1. The Morgan fingerprint density at radius 2 is 1.22 bits per heavy atom. The molecule has 4 aromatic rings. The number of nitrogens with zero attached hydrogens (tertiary/aromatic N) is 1. The Morgan fingerprint density at radius 1 is 0.688 bits per heavy atom. The third kappa shape index (κ3) is 4.36. The van der Waals surface area contributed by atoms with Gasteiger partial charge in [-0.2, -0.15) is 21.6 Å². The molecule has 0 N–H and O–H groups in total. The van der Waals surface area contributed by atoms with Crippen LogP contribution in [0.5, 0.6) is 5.75 Å². The minimum atomic E-state index is -5.87. The molecule has 162 valence electrons. The fourth-order valence-corrected chi connectivity index (χ4v) is 3.74. The van der Waals surface area contributed by atoms with Crippen LogP contribution in [-0.2, 0) is 10.1 Å². The molecule has 0 saturated carbocycles. The molecule has 0 unspecified atom stereocenters. The topological polar surface area (TPSA) is 56.3 Å². The fraction of sp³-hybridized carbons (Fsp3) is 0.0417. The van der Waals surface area contributed by atoms with Crippen molar-refractivity contribution < 1.29 is 25.8 Å². The van der Waals surface area contributed by atoms with Crippen molar-refractivity contribution in [2.24, 2.45) is 0 Å². The molecule has 1 aromatic heterocycles. The molecule has 8 heteroatoms. The van der Waals surface area contributed by atoms with E-state index in [0.29, 0.717) is 27.8 Å². The highest BCUT2D eigenvalue weighted by molar-refractivity contribution is 7.88. The number of hydrogen-bond acceptors (Lipinski definition) is 4. The van der Waals surface area contributed by atoms with Gasteiger partial charge in [-0.3, -0.25) is 4.98 Å². The van der Waals surface area contributed by atoms with Crippen LogP contribution in [-0.4, -0.2) is 18.9 Å². The van der Waals surface area contributed by atoms with E-state index in [1.54, 1.807) is 85.2 Å². The minimum absolute atomic E-state index is 0.206. The average Bonchev–Trinajstić information content (AvgIpc) is 2.79. The van der Waals surface area contributed by atoms with Crippen LogP contribution in [0, 0.1) is 0 Å². The van der Waals surface area contributed by atoms with E-state index < -0.39 is 21.4 Å². The van der Waals surface area contributed by atoms with Crippen LogP contribution in [0.3, 0.4) is 0 Å². The van der Waals surface area contributed by atoms with Crippen LogP contribution in [0.2, 0.25) is 0 Å². The summed E-state index contributed by atoms with van der Waals surface area (Å²) in [4.78, 5) is 4.14. The Balaban J connectivity index is 2.02. The molecule has 1 heterocycles. The first-order valence-electron chi connectivity index (χ1n) is 9.46. The molecule has 0 aliphatic carbocycles. The molecule has 0 aliphatic rings. The van der Waals surface area contributed by atoms with Gasteiger partial charge in [0.2, 0.25) is 0 Å². The van der Waals surface area contributed by atoms with Gasteiger partial charge in [0.15, 0.2) is 5.75 Å². The molecule has 0 bridgehead atoms. The minimum Gasteiger partial charge on any atom is -0.375 e. The summed E-state index contributed by atoms with van der Waals surface area (Å²) in [5.74, 6) is -0.417. The molecule has 32 heavy (non-hydrogen) atoms. The summed E-state index contributed by atoms with van der Waals surface area (Å²) in [6, 6.07) is 23.9. The Morgan fingerprint density at radius 3 is 1.75 bits per heavy atom. The van der Waals surface area contributed by atoms with Crippen LogP contribution in [0.1, 0.15) is 0 Å². The first-order chi connectivity index (χ1) is 15.3. The van der Waals surface area contributed by atoms with Crippen molar-refractivity contribution in [1.29, 1.82) is 0 Å². The lowest BCUT2D eigenvalue weighted by atomic mass is 9.91. The zero-order valence-corrected chi connectivity index (χ0v) is 17.3. The van der Waals surface area contributed by atoms with Gasteiger partial charge in [-0.05, 0) is 40.5 Å². The molecule has 4 nitrogen and oxygen atoms in total. The molecule has 3 aromatic carbocycles. The van der Waals surface area contributed by atoms with E-state index in [-0.39, 0.29) is 5.56 Å². The summed E-state index contributed by atoms with van der Waals surface area (Å²) in [5, 5.41) is 0. The number of alkyl halides is 3.